The molecule has 0 aromatic carbocycles. The summed E-state index contributed by atoms with van der Waals surface area (Å²) in [5.41, 5.74) is 0. The first kappa shape index (κ1) is 5.70. The van der Waals surface area contributed by atoms with Gasteiger partial charge in [-0.1, -0.05) is 15.9 Å². The molecular formula is C5H7BrS. The number of halogens is 1. The third-order valence-electron chi connectivity index (χ3n) is 0.889. The van der Waals surface area contributed by atoms with Gasteiger partial charge >= 0.3 is 0 Å². The molecule has 0 amide bonds. The summed E-state index contributed by atoms with van der Waals surface area (Å²) in [7, 11) is 0. The zero-order valence-electron chi connectivity index (χ0n) is 3.98. The van der Waals surface area contributed by atoms with Gasteiger partial charge in [0, 0.05) is 4.48 Å². The molecule has 0 saturated carbocycles. The Kier molecular flexibility index (Phi) is 2.26. The Balaban J connectivity index is 2.40. The van der Waals surface area contributed by atoms with Gasteiger partial charge in [-0.05, 0) is 24.0 Å². The maximum Gasteiger partial charge on any atom is 0.00139 e. The highest BCUT2D eigenvalue weighted by Gasteiger charge is 1.97. The normalized spacial score (nSPS) is 21.6. The van der Waals surface area contributed by atoms with Crippen LogP contribution in [0.2, 0.25) is 0 Å². The van der Waals surface area contributed by atoms with Crippen molar-refractivity contribution in [3.63, 3.8) is 0 Å². The molecule has 0 unspecified atom stereocenters. The number of allylic oxidation sites excluding steroid dienone is 1. The minimum atomic E-state index is 1.24. The second-order valence-corrected chi connectivity index (χ2v) is 3.53. The highest BCUT2D eigenvalue weighted by molar-refractivity contribution is 9.11. The maximum atomic E-state index is 3.43. The van der Waals surface area contributed by atoms with Crippen LogP contribution in [0.15, 0.2) is 9.89 Å². The summed E-state index contributed by atoms with van der Waals surface area (Å²) in [4.78, 5) is 0. The number of thioether (sulfide) groups is 1. The van der Waals surface area contributed by atoms with E-state index in [4.69, 9.17) is 0 Å². The van der Waals surface area contributed by atoms with Gasteiger partial charge in [-0.2, -0.15) is 0 Å². The highest BCUT2D eigenvalue weighted by atomic mass is 79.9. The van der Waals surface area contributed by atoms with Crippen LogP contribution in [-0.4, -0.2) is 5.75 Å². The van der Waals surface area contributed by atoms with Crippen molar-refractivity contribution in [2.24, 2.45) is 0 Å². The summed E-state index contributed by atoms with van der Waals surface area (Å²) >= 11 is 5.32. The molecule has 0 aliphatic carbocycles. The van der Waals surface area contributed by atoms with Crippen molar-refractivity contribution in [2.45, 2.75) is 12.8 Å². The van der Waals surface area contributed by atoms with Gasteiger partial charge in [0.1, 0.15) is 0 Å². The lowest BCUT2D eigenvalue weighted by atomic mass is 10.3. The predicted octanol–water partition coefficient (Wildman–Crippen LogP) is 2.75. The van der Waals surface area contributed by atoms with Gasteiger partial charge in [0.15, 0.2) is 0 Å². The molecule has 0 nitrogen and oxygen atoms in total. The zero-order valence-corrected chi connectivity index (χ0v) is 6.39. The highest BCUT2D eigenvalue weighted by Crippen LogP contribution is 2.24. The van der Waals surface area contributed by atoms with E-state index in [0.717, 1.165) is 0 Å². The van der Waals surface area contributed by atoms with E-state index in [1.807, 2.05) is 11.8 Å². The Labute approximate surface area is 56.5 Å². The summed E-state index contributed by atoms with van der Waals surface area (Å²) in [6, 6.07) is 0. The van der Waals surface area contributed by atoms with Crippen molar-refractivity contribution < 1.29 is 0 Å². The molecular weight excluding hydrogens is 172 g/mol. The van der Waals surface area contributed by atoms with Crippen LogP contribution in [0.1, 0.15) is 12.8 Å². The SMILES string of the molecule is BrC1=CSCCC1. The first-order valence-corrected chi connectivity index (χ1v) is 4.20. The molecule has 0 aromatic rings. The van der Waals surface area contributed by atoms with Crippen LogP contribution in [0.25, 0.3) is 0 Å². The van der Waals surface area contributed by atoms with Crippen molar-refractivity contribution >= 4 is 27.7 Å². The van der Waals surface area contributed by atoms with E-state index in [1.54, 1.807) is 0 Å². The van der Waals surface area contributed by atoms with Crippen molar-refractivity contribution in [3.05, 3.63) is 9.89 Å². The molecule has 0 atom stereocenters. The Morgan fingerprint density at radius 2 is 2.57 bits per heavy atom. The second-order valence-electron chi connectivity index (χ2n) is 1.54. The van der Waals surface area contributed by atoms with E-state index in [0.29, 0.717) is 0 Å². The van der Waals surface area contributed by atoms with Crippen LogP contribution >= 0.6 is 27.7 Å². The molecule has 0 bridgehead atoms. The lowest BCUT2D eigenvalue weighted by Gasteiger charge is -2.03. The lowest BCUT2D eigenvalue weighted by Crippen LogP contribution is -1.83. The van der Waals surface area contributed by atoms with Gasteiger partial charge in [-0.3, -0.25) is 0 Å². The van der Waals surface area contributed by atoms with Gasteiger partial charge in [-0.25, -0.2) is 0 Å². The van der Waals surface area contributed by atoms with E-state index in [1.165, 1.54) is 23.1 Å². The average molecular weight is 179 g/mol. The molecule has 0 saturated heterocycles. The van der Waals surface area contributed by atoms with Crippen molar-refractivity contribution in [1.82, 2.24) is 0 Å². The monoisotopic (exact) mass is 178 g/mol. The smallest absolute Gasteiger partial charge is 0.00139 e. The molecule has 0 spiro atoms. The third kappa shape index (κ3) is 1.87. The van der Waals surface area contributed by atoms with E-state index in [2.05, 4.69) is 21.3 Å². The van der Waals surface area contributed by atoms with Crippen molar-refractivity contribution in [2.75, 3.05) is 5.75 Å². The Hall–Kier alpha value is 0.570. The van der Waals surface area contributed by atoms with E-state index >= 15 is 0 Å². The summed E-state index contributed by atoms with van der Waals surface area (Å²) in [5, 5.41) is 2.18. The van der Waals surface area contributed by atoms with Gasteiger partial charge in [0.25, 0.3) is 0 Å². The van der Waals surface area contributed by atoms with Crippen molar-refractivity contribution in [3.8, 4) is 0 Å². The van der Waals surface area contributed by atoms with Gasteiger partial charge in [0.2, 0.25) is 0 Å². The number of hydrogen-bond donors (Lipinski definition) is 0. The molecule has 1 aliphatic rings. The van der Waals surface area contributed by atoms with Crippen LogP contribution < -0.4 is 0 Å². The van der Waals surface area contributed by atoms with Crippen LogP contribution in [0.3, 0.4) is 0 Å². The Bertz CT molecular complexity index is 88.1. The summed E-state index contributed by atoms with van der Waals surface area (Å²) in [6.45, 7) is 0. The molecule has 7 heavy (non-hydrogen) atoms. The fourth-order valence-corrected chi connectivity index (χ4v) is 1.94. The first-order chi connectivity index (χ1) is 3.39. The molecule has 1 rings (SSSR count). The number of hydrogen-bond acceptors (Lipinski definition) is 1. The van der Waals surface area contributed by atoms with E-state index < -0.39 is 0 Å². The Morgan fingerprint density at radius 3 is 2.86 bits per heavy atom. The van der Waals surface area contributed by atoms with Crippen LogP contribution in [0, 0.1) is 0 Å². The molecule has 0 fully saturated rings. The lowest BCUT2D eigenvalue weighted by molar-refractivity contribution is 0.958. The molecule has 1 aliphatic heterocycles. The fourth-order valence-electron chi connectivity index (χ4n) is 0.533. The molecule has 2 heteroatoms. The second kappa shape index (κ2) is 2.78. The fraction of sp³-hybridized carbons (Fsp3) is 0.600. The van der Waals surface area contributed by atoms with Gasteiger partial charge < -0.3 is 0 Å². The third-order valence-corrected chi connectivity index (χ3v) is 2.79. The first-order valence-electron chi connectivity index (χ1n) is 2.36. The molecule has 1 heterocycles. The average Bonchev–Trinajstić information content (AvgIpc) is 1.69. The predicted molar refractivity (Wildman–Crippen MR) is 38.7 cm³/mol. The van der Waals surface area contributed by atoms with Crippen LogP contribution in [-0.2, 0) is 0 Å². The molecule has 40 valence electrons. The van der Waals surface area contributed by atoms with Gasteiger partial charge in [-0.15, -0.1) is 11.8 Å². The maximum absolute atomic E-state index is 3.43. The zero-order chi connectivity index (χ0) is 5.11. The molecule has 0 N–H and O–H groups in total. The van der Waals surface area contributed by atoms with E-state index in [9.17, 15) is 0 Å². The quantitative estimate of drug-likeness (QED) is 0.550. The largest absolute Gasteiger partial charge is 0.133 e. The summed E-state index contributed by atoms with van der Waals surface area (Å²) in [5.74, 6) is 1.30. The van der Waals surface area contributed by atoms with Crippen LogP contribution in [0.4, 0.5) is 0 Å². The summed E-state index contributed by atoms with van der Waals surface area (Å²) < 4.78 is 1.36. The summed E-state index contributed by atoms with van der Waals surface area (Å²) in [6.07, 6.45) is 2.58. The minimum Gasteiger partial charge on any atom is -0.133 e. The minimum absolute atomic E-state index is 1.24. The standard InChI is InChI=1S/C5H7BrS/c6-5-2-1-3-7-4-5/h4H,1-3H2. The molecule has 0 radical (unpaired) electrons. The van der Waals surface area contributed by atoms with Crippen LogP contribution in [0.5, 0.6) is 0 Å². The van der Waals surface area contributed by atoms with Crippen molar-refractivity contribution in [1.29, 1.82) is 0 Å². The Morgan fingerprint density at radius 1 is 1.71 bits per heavy atom. The van der Waals surface area contributed by atoms with E-state index in [-0.39, 0.29) is 0 Å². The molecule has 0 aromatic heterocycles. The number of rotatable bonds is 0. The van der Waals surface area contributed by atoms with Gasteiger partial charge in [0.05, 0.1) is 0 Å². The topological polar surface area (TPSA) is 0 Å².